The summed E-state index contributed by atoms with van der Waals surface area (Å²) in [5.74, 6) is 1.67. The van der Waals surface area contributed by atoms with Crippen LogP contribution in [0.5, 0.6) is 0 Å². The van der Waals surface area contributed by atoms with Crippen LogP contribution >= 0.6 is 0 Å². The van der Waals surface area contributed by atoms with Crippen molar-refractivity contribution in [3.8, 4) is 51.2 Å². The lowest BCUT2D eigenvalue weighted by molar-refractivity contribution is 0.955. The molecule has 58 heavy (non-hydrogen) atoms. The third kappa shape index (κ3) is 4.97. The molecular formula is C51H31N7. The van der Waals surface area contributed by atoms with Crippen LogP contribution in [0.25, 0.3) is 111 Å². The van der Waals surface area contributed by atoms with E-state index < -0.39 is 0 Å². The predicted molar refractivity (Wildman–Crippen MR) is 235 cm³/mol. The molecule has 7 nitrogen and oxygen atoms in total. The van der Waals surface area contributed by atoms with Crippen molar-refractivity contribution in [2.24, 2.45) is 0 Å². The fraction of sp³-hybridized carbons (Fsp3) is 0. The van der Waals surface area contributed by atoms with Crippen LogP contribution in [0.3, 0.4) is 0 Å². The first-order chi connectivity index (χ1) is 28.8. The van der Waals surface area contributed by atoms with Crippen molar-refractivity contribution in [3.63, 3.8) is 0 Å². The van der Waals surface area contributed by atoms with Gasteiger partial charge >= 0.3 is 0 Å². The zero-order valence-electron chi connectivity index (χ0n) is 31.0. The molecule has 0 fully saturated rings. The molecule has 0 saturated carbocycles. The number of para-hydroxylation sites is 2. The van der Waals surface area contributed by atoms with Gasteiger partial charge in [-0.1, -0.05) is 115 Å². The summed E-state index contributed by atoms with van der Waals surface area (Å²) >= 11 is 0. The Morgan fingerprint density at radius 2 is 0.845 bits per heavy atom. The minimum absolute atomic E-state index is 0.537. The van der Waals surface area contributed by atoms with Gasteiger partial charge in [0.15, 0.2) is 11.6 Å². The molecule has 0 unspecified atom stereocenters. The standard InChI is InChI=1S/C51H31N7/c1-2-19-38-36(17-1)37-18-3-5-23-44(37)57-46-26-25-40-39-20-4-6-24-45(39)58(48(40)41(46)31-47(38)57)51-55-49(34-15-11-13-32(29-34)42-21-7-9-27-52-42)54-50(56-51)35-16-12-14-33(30-35)43-22-8-10-28-53-43/h1-31H. The highest BCUT2D eigenvalue weighted by Gasteiger charge is 2.22. The number of pyridine rings is 3. The summed E-state index contributed by atoms with van der Waals surface area (Å²) in [7, 11) is 0. The van der Waals surface area contributed by atoms with Gasteiger partial charge in [-0.05, 0) is 66.0 Å². The van der Waals surface area contributed by atoms with Gasteiger partial charge in [-0.2, -0.15) is 9.97 Å². The molecule has 0 aliphatic heterocycles. The molecule has 0 amide bonds. The number of nitrogens with zero attached hydrogens (tertiary/aromatic N) is 7. The highest BCUT2D eigenvalue weighted by atomic mass is 15.2. The average Bonchev–Trinajstić information content (AvgIpc) is 3.87. The van der Waals surface area contributed by atoms with E-state index in [0.717, 1.165) is 71.9 Å². The molecule has 0 aliphatic carbocycles. The third-order valence-electron chi connectivity index (χ3n) is 11.2. The Kier molecular flexibility index (Phi) is 7.09. The quantitative estimate of drug-likeness (QED) is 0.164. The highest BCUT2D eigenvalue weighted by Crippen LogP contribution is 2.41. The molecule has 0 bridgehead atoms. The Bertz CT molecular complexity index is 3470. The molecule has 0 N–H and O–H groups in total. The second-order valence-electron chi connectivity index (χ2n) is 14.5. The number of rotatable bonds is 5. The van der Waals surface area contributed by atoms with Gasteiger partial charge in [0.05, 0.1) is 39.0 Å². The SMILES string of the molecule is c1ccc(-c2cccc(-c3nc(-c4cccc(-c5ccccn5)c4)nc(-n4c5ccccc5c5ccc6c(cc7c8ccccc8c8ccccc8n76)c54)n3)c2)nc1. The number of hydrogen-bond donors (Lipinski definition) is 0. The highest BCUT2D eigenvalue weighted by molar-refractivity contribution is 6.22. The summed E-state index contributed by atoms with van der Waals surface area (Å²) in [5, 5.41) is 7.04. The maximum absolute atomic E-state index is 5.35. The smallest absolute Gasteiger partial charge is 0.238 e. The van der Waals surface area contributed by atoms with Gasteiger partial charge in [-0.15, -0.1) is 0 Å². The van der Waals surface area contributed by atoms with Gasteiger partial charge < -0.3 is 4.40 Å². The van der Waals surface area contributed by atoms with Crippen LogP contribution in [0.1, 0.15) is 0 Å². The van der Waals surface area contributed by atoms with Crippen LogP contribution < -0.4 is 0 Å². The van der Waals surface area contributed by atoms with Crippen molar-refractivity contribution < 1.29 is 0 Å². The third-order valence-corrected chi connectivity index (χ3v) is 11.2. The number of benzene rings is 6. The maximum atomic E-state index is 5.35. The van der Waals surface area contributed by atoms with E-state index in [1.165, 1.54) is 21.7 Å². The Hall–Kier alpha value is -8.03. The van der Waals surface area contributed by atoms with Crippen LogP contribution in [0.2, 0.25) is 0 Å². The number of fused-ring (bicyclic) bond motifs is 12. The minimum atomic E-state index is 0.537. The zero-order valence-corrected chi connectivity index (χ0v) is 31.0. The van der Waals surface area contributed by atoms with Crippen LogP contribution in [0, 0.1) is 0 Å². The van der Waals surface area contributed by atoms with Gasteiger partial charge in [0.1, 0.15) is 0 Å². The lowest BCUT2D eigenvalue weighted by Crippen LogP contribution is -2.06. The molecule has 0 radical (unpaired) electrons. The summed E-state index contributed by atoms with van der Waals surface area (Å²) in [5.41, 5.74) is 11.0. The molecule has 7 heteroatoms. The Labute approximate surface area is 332 Å². The van der Waals surface area contributed by atoms with Crippen molar-refractivity contribution >= 4 is 59.9 Å². The van der Waals surface area contributed by atoms with Crippen molar-refractivity contribution in [1.29, 1.82) is 0 Å². The Morgan fingerprint density at radius 1 is 0.328 bits per heavy atom. The first kappa shape index (κ1) is 32.2. The maximum Gasteiger partial charge on any atom is 0.238 e. The van der Waals surface area contributed by atoms with E-state index in [1.807, 2.05) is 60.9 Å². The van der Waals surface area contributed by atoms with Crippen LogP contribution in [0.15, 0.2) is 188 Å². The summed E-state index contributed by atoms with van der Waals surface area (Å²) < 4.78 is 4.64. The first-order valence-electron chi connectivity index (χ1n) is 19.3. The van der Waals surface area contributed by atoms with E-state index in [9.17, 15) is 0 Å². The fourth-order valence-electron chi connectivity index (χ4n) is 8.67. The summed E-state index contributed by atoms with van der Waals surface area (Å²) in [6, 6.07) is 61.2. The van der Waals surface area contributed by atoms with E-state index in [-0.39, 0.29) is 0 Å². The van der Waals surface area contributed by atoms with Crippen LogP contribution in [-0.4, -0.2) is 33.9 Å². The zero-order chi connectivity index (χ0) is 38.2. The monoisotopic (exact) mass is 741 g/mol. The van der Waals surface area contributed by atoms with Crippen LogP contribution in [-0.2, 0) is 0 Å². The van der Waals surface area contributed by atoms with E-state index in [1.54, 1.807) is 0 Å². The second-order valence-corrected chi connectivity index (χ2v) is 14.5. The molecule has 0 saturated heterocycles. The molecule has 12 rings (SSSR count). The largest absolute Gasteiger partial charge is 0.309 e. The van der Waals surface area contributed by atoms with E-state index >= 15 is 0 Å². The van der Waals surface area contributed by atoms with Crippen molar-refractivity contribution in [2.45, 2.75) is 0 Å². The molecule has 6 aromatic heterocycles. The number of hydrogen-bond acceptors (Lipinski definition) is 5. The molecular weight excluding hydrogens is 711 g/mol. The van der Waals surface area contributed by atoms with Gasteiger partial charge in [-0.3, -0.25) is 14.5 Å². The lowest BCUT2D eigenvalue weighted by Gasteiger charge is -2.12. The molecule has 0 aliphatic rings. The van der Waals surface area contributed by atoms with E-state index in [0.29, 0.717) is 17.6 Å². The summed E-state index contributed by atoms with van der Waals surface area (Å²) in [4.78, 5) is 25.2. The minimum Gasteiger partial charge on any atom is -0.309 e. The van der Waals surface area contributed by atoms with Crippen molar-refractivity contribution in [3.05, 3.63) is 188 Å². The molecule has 12 aromatic rings. The topological polar surface area (TPSA) is 73.8 Å². The molecule has 6 heterocycles. The Morgan fingerprint density at radius 3 is 1.47 bits per heavy atom. The molecule has 0 spiro atoms. The van der Waals surface area contributed by atoms with Gasteiger partial charge in [0.2, 0.25) is 5.95 Å². The van der Waals surface area contributed by atoms with Gasteiger partial charge in [-0.25, -0.2) is 4.98 Å². The predicted octanol–water partition coefficient (Wildman–Crippen LogP) is 12.1. The van der Waals surface area contributed by atoms with E-state index in [4.69, 9.17) is 15.0 Å². The van der Waals surface area contributed by atoms with Gasteiger partial charge in [0.25, 0.3) is 0 Å². The van der Waals surface area contributed by atoms with Crippen LogP contribution in [0.4, 0.5) is 0 Å². The number of aromatic nitrogens is 7. The first-order valence-corrected chi connectivity index (χ1v) is 19.3. The Balaban J connectivity index is 1.18. The van der Waals surface area contributed by atoms with E-state index in [2.05, 4.69) is 146 Å². The molecule has 0 atom stereocenters. The van der Waals surface area contributed by atoms with Crippen molar-refractivity contribution in [2.75, 3.05) is 0 Å². The molecule has 270 valence electrons. The summed E-state index contributed by atoms with van der Waals surface area (Å²) in [6.07, 6.45) is 3.63. The fourth-order valence-corrected chi connectivity index (χ4v) is 8.67. The lowest BCUT2D eigenvalue weighted by atomic mass is 10.1. The average molecular weight is 742 g/mol. The van der Waals surface area contributed by atoms with Crippen molar-refractivity contribution in [1.82, 2.24) is 33.9 Å². The normalized spacial score (nSPS) is 11.8. The van der Waals surface area contributed by atoms with Gasteiger partial charge in [0, 0.05) is 61.6 Å². The second kappa shape index (κ2) is 12.8. The summed E-state index contributed by atoms with van der Waals surface area (Å²) in [6.45, 7) is 0. The molecule has 6 aromatic carbocycles.